The van der Waals surface area contributed by atoms with Gasteiger partial charge in [0.1, 0.15) is 0 Å². The molecule has 1 amide bonds. The van der Waals surface area contributed by atoms with Gasteiger partial charge in [0, 0.05) is 16.6 Å². The largest absolute Gasteiger partial charge is 0.465 e. The second kappa shape index (κ2) is 4.99. The number of benzene rings is 1. The molecule has 0 aliphatic heterocycles. The summed E-state index contributed by atoms with van der Waals surface area (Å²) in [6, 6.07) is 5.48. The number of amides is 1. The van der Waals surface area contributed by atoms with Gasteiger partial charge in [0.15, 0.2) is 0 Å². The van der Waals surface area contributed by atoms with Crippen LogP contribution >= 0.6 is 11.6 Å². The maximum atomic E-state index is 11.5. The van der Waals surface area contributed by atoms with Crippen LogP contribution in [0.2, 0.25) is 5.02 Å². The van der Waals surface area contributed by atoms with Crippen LogP contribution in [-0.4, -0.2) is 27.7 Å². The lowest BCUT2D eigenvalue weighted by molar-refractivity contribution is 0.0731. The minimum absolute atomic E-state index is 0.145. The number of nitriles is 1. The molecular formula is C15H17ClN2O2. The molecule has 0 heterocycles. The van der Waals surface area contributed by atoms with E-state index >= 15 is 0 Å². The maximum Gasteiger partial charge on any atom is 0.408 e. The molecule has 1 N–H and O–H groups in total. The van der Waals surface area contributed by atoms with Crippen molar-refractivity contribution in [3.05, 3.63) is 33.8 Å². The number of fused-ring (bicyclic) bond motifs is 1. The van der Waals surface area contributed by atoms with Gasteiger partial charge < -0.3 is 5.11 Å². The molecule has 1 atom stereocenters. The predicted octanol–water partition coefficient (Wildman–Crippen LogP) is 3.46. The number of halogens is 1. The summed E-state index contributed by atoms with van der Waals surface area (Å²) < 4.78 is 0. The lowest BCUT2D eigenvalue weighted by Crippen LogP contribution is -2.51. The zero-order valence-electron chi connectivity index (χ0n) is 11.8. The van der Waals surface area contributed by atoms with Gasteiger partial charge in [0.05, 0.1) is 11.6 Å². The van der Waals surface area contributed by atoms with Crippen LogP contribution in [0.15, 0.2) is 12.1 Å². The fraction of sp³-hybridized carbons (Fsp3) is 0.467. The van der Waals surface area contributed by atoms with Crippen LogP contribution in [-0.2, 0) is 12.8 Å². The summed E-state index contributed by atoms with van der Waals surface area (Å²) >= 11 is 6.01. The second-order valence-corrected chi connectivity index (χ2v) is 6.52. The molecule has 0 bridgehead atoms. The van der Waals surface area contributed by atoms with Gasteiger partial charge in [-0.15, -0.1) is 0 Å². The standard InChI is InChI=1S/C15H17ClN2O2/c1-15(2,3)18(14(19)20)12-6-9-4-11(16)5-10(8-17)13(9)7-12/h4-5,12H,6-7H2,1-3H3,(H,19,20). The van der Waals surface area contributed by atoms with E-state index in [0.717, 1.165) is 11.1 Å². The third-order valence-electron chi connectivity index (χ3n) is 3.62. The first kappa shape index (κ1) is 14.7. The highest BCUT2D eigenvalue weighted by Crippen LogP contribution is 2.33. The summed E-state index contributed by atoms with van der Waals surface area (Å²) in [6.45, 7) is 5.63. The number of carboxylic acid groups (broad SMARTS) is 1. The summed E-state index contributed by atoms with van der Waals surface area (Å²) in [5, 5.41) is 19.2. The molecule has 1 unspecified atom stereocenters. The quantitative estimate of drug-likeness (QED) is 0.862. The molecule has 2 rings (SSSR count). The van der Waals surface area contributed by atoms with Crippen LogP contribution in [0.5, 0.6) is 0 Å². The van der Waals surface area contributed by atoms with Crippen LogP contribution in [0.1, 0.15) is 37.5 Å². The molecule has 0 saturated heterocycles. The first-order valence-electron chi connectivity index (χ1n) is 6.47. The zero-order valence-corrected chi connectivity index (χ0v) is 12.5. The smallest absolute Gasteiger partial charge is 0.408 e. The molecular weight excluding hydrogens is 276 g/mol. The highest BCUT2D eigenvalue weighted by Gasteiger charge is 2.37. The number of nitrogens with zero attached hydrogens (tertiary/aromatic N) is 2. The summed E-state index contributed by atoms with van der Waals surface area (Å²) in [7, 11) is 0. The lowest BCUT2D eigenvalue weighted by Gasteiger charge is -2.38. The highest BCUT2D eigenvalue weighted by molar-refractivity contribution is 6.30. The monoisotopic (exact) mass is 292 g/mol. The van der Waals surface area contributed by atoms with Crippen molar-refractivity contribution in [3.8, 4) is 6.07 Å². The highest BCUT2D eigenvalue weighted by atomic mass is 35.5. The predicted molar refractivity (Wildman–Crippen MR) is 77.0 cm³/mol. The van der Waals surface area contributed by atoms with E-state index in [4.69, 9.17) is 11.6 Å². The van der Waals surface area contributed by atoms with Crippen molar-refractivity contribution in [1.29, 1.82) is 5.26 Å². The van der Waals surface area contributed by atoms with Crippen LogP contribution in [0.25, 0.3) is 0 Å². The van der Waals surface area contributed by atoms with Crippen LogP contribution < -0.4 is 0 Å². The molecule has 20 heavy (non-hydrogen) atoms. The molecule has 1 aliphatic rings. The fourth-order valence-electron chi connectivity index (χ4n) is 2.95. The minimum Gasteiger partial charge on any atom is -0.465 e. The molecule has 1 aliphatic carbocycles. The molecule has 5 heteroatoms. The molecule has 106 valence electrons. The Hall–Kier alpha value is -1.73. The number of hydrogen-bond acceptors (Lipinski definition) is 2. The van der Waals surface area contributed by atoms with E-state index in [-0.39, 0.29) is 6.04 Å². The molecule has 0 spiro atoms. The van der Waals surface area contributed by atoms with Gasteiger partial charge in [0.2, 0.25) is 0 Å². The second-order valence-electron chi connectivity index (χ2n) is 6.09. The van der Waals surface area contributed by atoms with Crippen molar-refractivity contribution in [2.24, 2.45) is 0 Å². The number of carbonyl (C=O) groups is 1. The normalized spacial score (nSPS) is 17.4. The summed E-state index contributed by atoms with van der Waals surface area (Å²) in [6.07, 6.45) is 0.243. The molecule has 1 aromatic carbocycles. The average molecular weight is 293 g/mol. The van der Waals surface area contributed by atoms with Gasteiger partial charge in [0.25, 0.3) is 0 Å². The minimum atomic E-state index is -0.931. The lowest BCUT2D eigenvalue weighted by atomic mass is 10.0. The Bertz CT molecular complexity index is 599. The van der Waals surface area contributed by atoms with E-state index in [0.29, 0.717) is 23.4 Å². The van der Waals surface area contributed by atoms with E-state index in [1.807, 2.05) is 26.8 Å². The van der Waals surface area contributed by atoms with Gasteiger partial charge in [-0.1, -0.05) is 11.6 Å². The third kappa shape index (κ3) is 2.59. The van der Waals surface area contributed by atoms with Crippen molar-refractivity contribution in [1.82, 2.24) is 4.90 Å². The van der Waals surface area contributed by atoms with E-state index in [1.165, 1.54) is 4.90 Å². The molecule has 0 aromatic heterocycles. The SMILES string of the molecule is CC(C)(C)N(C(=O)O)C1Cc2cc(Cl)cc(C#N)c2C1. The first-order valence-corrected chi connectivity index (χ1v) is 6.85. The van der Waals surface area contributed by atoms with E-state index < -0.39 is 11.6 Å². The molecule has 1 aromatic rings. The first-order chi connectivity index (χ1) is 9.24. The molecule has 0 fully saturated rings. The van der Waals surface area contributed by atoms with Crippen molar-refractivity contribution < 1.29 is 9.90 Å². The summed E-state index contributed by atoms with van der Waals surface area (Å²) in [5.74, 6) is 0. The Morgan fingerprint density at radius 2 is 2.10 bits per heavy atom. The Balaban J connectivity index is 2.38. The van der Waals surface area contributed by atoms with Crippen LogP contribution in [0.4, 0.5) is 4.79 Å². The molecule has 4 nitrogen and oxygen atoms in total. The Labute approximate surface area is 123 Å². The Morgan fingerprint density at radius 3 is 2.60 bits per heavy atom. The molecule has 0 radical (unpaired) electrons. The van der Waals surface area contributed by atoms with Crippen molar-refractivity contribution >= 4 is 17.7 Å². The van der Waals surface area contributed by atoms with Crippen molar-refractivity contribution in [2.75, 3.05) is 0 Å². The Kier molecular flexibility index (Phi) is 3.66. The zero-order chi connectivity index (χ0) is 15.1. The summed E-state index contributed by atoms with van der Waals surface area (Å²) in [4.78, 5) is 13.0. The van der Waals surface area contributed by atoms with Gasteiger partial charge in [-0.25, -0.2) is 4.79 Å². The van der Waals surface area contributed by atoms with Crippen molar-refractivity contribution in [3.63, 3.8) is 0 Å². The molecule has 0 saturated carbocycles. The van der Waals surface area contributed by atoms with Crippen LogP contribution in [0, 0.1) is 11.3 Å². The van der Waals surface area contributed by atoms with Gasteiger partial charge in [-0.3, -0.25) is 4.90 Å². The average Bonchev–Trinajstić information content (AvgIpc) is 2.67. The maximum absolute atomic E-state index is 11.5. The topological polar surface area (TPSA) is 64.3 Å². The van der Waals surface area contributed by atoms with Gasteiger partial charge >= 0.3 is 6.09 Å². The number of hydrogen-bond donors (Lipinski definition) is 1. The van der Waals surface area contributed by atoms with Gasteiger partial charge in [-0.05, 0) is 56.9 Å². The number of rotatable bonds is 1. The van der Waals surface area contributed by atoms with Gasteiger partial charge in [-0.2, -0.15) is 5.26 Å². The van der Waals surface area contributed by atoms with E-state index in [9.17, 15) is 15.2 Å². The Morgan fingerprint density at radius 1 is 1.45 bits per heavy atom. The fourth-order valence-corrected chi connectivity index (χ4v) is 3.19. The van der Waals surface area contributed by atoms with E-state index in [2.05, 4.69) is 6.07 Å². The summed E-state index contributed by atoms with van der Waals surface area (Å²) in [5.41, 5.74) is 1.98. The third-order valence-corrected chi connectivity index (χ3v) is 3.83. The van der Waals surface area contributed by atoms with Crippen LogP contribution in [0.3, 0.4) is 0 Å². The van der Waals surface area contributed by atoms with E-state index in [1.54, 1.807) is 6.07 Å². The van der Waals surface area contributed by atoms with Crippen molar-refractivity contribution in [2.45, 2.75) is 45.2 Å².